The lowest BCUT2D eigenvalue weighted by molar-refractivity contribution is -0.129. The molecule has 0 spiro atoms. The minimum atomic E-state index is -0.668. The smallest absolute Gasteiger partial charge is 0.290 e. The topological polar surface area (TPSA) is 74.0 Å². The molecule has 30 heavy (non-hydrogen) atoms. The van der Waals surface area contributed by atoms with Gasteiger partial charge in [-0.1, -0.05) is 48.0 Å². The van der Waals surface area contributed by atoms with Crippen LogP contribution in [0.4, 0.5) is 0 Å². The second-order valence-electron chi connectivity index (χ2n) is 7.86. The van der Waals surface area contributed by atoms with Crippen molar-refractivity contribution < 1.29 is 19.1 Å². The number of nitrogens with zero attached hydrogens (tertiary/aromatic N) is 2. The van der Waals surface area contributed by atoms with Gasteiger partial charge in [0.2, 0.25) is 5.78 Å². The van der Waals surface area contributed by atoms with Crippen LogP contribution in [-0.4, -0.2) is 53.8 Å². The van der Waals surface area contributed by atoms with Gasteiger partial charge in [0.05, 0.1) is 11.6 Å². The van der Waals surface area contributed by atoms with Crippen LogP contribution in [0.5, 0.6) is 0 Å². The number of Topliss-reactive ketones (excluding diaryl/α,β-unsaturated/α-hetero) is 1. The third kappa shape index (κ3) is 3.50. The summed E-state index contributed by atoms with van der Waals surface area (Å²) in [4.78, 5) is 29.9. The maximum atomic E-state index is 13.4. The quantitative estimate of drug-likeness (QED) is 0.631. The average molecular weight is 404 g/mol. The van der Waals surface area contributed by atoms with Crippen LogP contribution in [0.2, 0.25) is 0 Å². The van der Waals surface area contributed by atoms with Gasteiger partial charge in [0.1, 0.15) is 5.58 Å². The Kier molecular flexibility index (Phi) is 5.18. The van der Waals surface area contributed by atoms with Crippen molar-refractivity contribution in [1.82, 2.24) is 9.80 Å². The molecule has 6 heteroatoms. The molecule has 154 valence electrons. The molecule has 2 heterocycles. The molecule has 0 aliphatic carbocycles. The first-order valence-corrected chi connectivity index (χ1v) is 9.85. The van der Waals surface area contributed by atoms with Crippen LogP contribution in [0.3, 0.4) is 0 Å². The highest BCUT2D eigenvalue weighted by molar-refractivity contribution is 6.16. The van der Waals surface area contributed by atoms with Crippen molar-refractivity contribution in [3.8, 4) is 0 Å². The molecule has 3 aromatic rings. The summed E-state index contributed by atoms with van der Waals surface area (Å²) < 4.78 is 5.73. The molecule has 1 atom stereocenters. The van der Waals surface area contributed by atoms with E-state index >= 15 is 0 Å². The Morgan fingerprint density at radius 3 is 2.60 bits per heavy atom. The van der Waals surface area contributed by atoms with Crippen LogP contribution < -0.4 is 0 Å². The lowest BCUT2D eigenvalue weighted by Crippen LogP contribution is -2.36. The number of hydrogen-bond donors (Lipinski definition) is 1. The van der Waals surface area contributed by atoms with Crippen molar-refractivity contribution >= 4 is 22.7 Å². The molecular formula is C24H24N2O4. The first-order valence-electron chi connectivity index (χ1n) is 9.85. The zero-order valence-electron chi connectivity index (χ0n) is 17.3. The highest BCUT2D eigenvalue weighted by Crippen LogP contribution is 2.39. The number of likely N-dealkylation sites (N-methyl/N-ethyl adjacent to an activating group) is 1. The van der Waals surface area contributed by atoms with Crippen LogP contribution in [0.25, 0.3) is 11.0 Å². The number of aryl methyl sites for hydroxylation is 1. The second kappa shape index (κ2) is 7.80. The number of ketones is 1. The molecule has 1 N–H and O–H groups in total. The zero-order chi connectivity index (χ0) is 21.4. The molecule has 1 aliphatic rings. The molecule has 1 aliphatic heterocycles. The van der Waals surface area contributed by atoms with Gasteiger partial charge in [-0.3, -0.25) is 9.59 Å². The first-order chi connectivity index (χ1) is 14.4. The first kappa shape index (κ1) is 19.9. The molecule has 0 fully saturated rings. The number of furan rings is 1. The minimum Gasteiger partial charge on any atom is -0.503 e. The molecule has 1 amide bonds. The van der Waals surface area contributed by atoms with E-state index < -0.39 is 23.5 Å². The third-order valence-electron chi connectivity index (χ3n) is 5.34. The monoisotopic (exact) mass is 404 g/mol. The molecule has 1 unspecified atom stereocenters. The Labute approximate surface area is 175 Å². The fourth-order valence-corrected chi connectivity index (χ4v) is 3.84. The summed E-state index contributed by atoms with van der Waals surface area (Å²) in [7, 11) is 3.83. The van der Waals surface area contributed by atoms with Gasteiger partial charge in [-0.2, -0.15) is 0 Å². The Morgan fingerprint density at radius 2 is 1.90 bits per heavy atom. The van der Waals surface area contributed by atoms with E-state index in [0.717, 1.165) is 16.5 Å². The number of aliphatic hydroxyl groups is 1. The summed E-state index contributed by atoms with van der Waals surface area (Å²) in [6, 6.07) is 16.0. The predicted octanol–water partition coefficient (Wildman–Crippen LogP) is 3.88. The van der Waals surface area contributed by atoms with E-state index in [-0.39, 0.29) is 11.3 Å². The molecule has 0 saturated carbocycles. The maximum absolute atomic E-state index is 13.4. The molecule has 0 bridgehead atoms. The molecule has 2 aromatic carbocycles. The van der Waals surface area contributed by atoms with Gasteiger partial charge in [0.15, 0.2) is 11.5 Å². The van der Waals surface area contributed by atoms with Crippen LogP contribution in [0.15, 0.2) is 70.3 Å². The summed E-state index contributed by atoms with van der Waals surface area (Å²) in [6.45, 7) is 2.94. The van der Waals surface area contributed by atoms with Crippen LogP contribution in [-0.2, 0) is 4.79 Å². The lowest BCUT2D eigenvalue weighted by Gasteiger charge is -2.28. The van der Waals surface area contributed by atoms with Crippen LogP contribution >= 0.6 is 0 Å². The van der Waals surface area contributed by atoms with E-state index in [9.17, 15) is 14.7 Å². The number of carbonyl (C=O) groups is 2. The van der Waals surface area contributed by atoms with Gasteiger partial charge in [-0.05, 0) is 38.7 Å². The molecule has 0 saturated heterocycles. The van der Waals surface area contributed by atoms with Crippen molar-refractivity contribution in [3.05, 3.63) is 82.8 Å². The van der Waals surface area contributed by atoms with E-state index in [1.165, 1.54) is 0 Å². The normalized spacial score (nSPS) is 16.9. The van der Waals surface area contributed by atoms with Gasteiger partial charge >= 0.3 is 0 Å². The van der Waals surface area contributed by atoms with Crippen molar-refractivity contribution in [2.24, 2.45) is 0 Å². The Hall–Kier alpha value is -3.38. The summed E-state index contributed by atoms with van der Waals surface area (Å²) in [5.41, 5.74) is 2.44. The molecule has 6 nitrogen and oxygen atoms in total. The summed E-state index contributed by atoms with van der Waals surface area (Å²) in [6.07, 6.45) is 0. The van der Waals surface area contributed by atoms with E-state index in [4.69, 9.17) is 4.42 Å². The third-order valence-corrected chi connectivity index (χ3v) is 5.34. The van der Waals surface area contributed by atoms with Crippen LogP contribution in [0.1, 0.15) is 27.7 Å². The van der Waals surface area contributed by atoms with Crippen LogP contribution in [0, 0.1) is 6.92 Å². The number of amides is 1. The Morgan fingerprint density at radius 1 is 1.13 bits per heavy atom. The maximum Gasteiger partial charge on any atom is 0.290 e. The number of hydrogen-bond acceptors (Lipinski definition) is 5. The SMILES string of the molecule is Cc1cccc(C2C(C(=O)c3cc4ccccc4o3)=C(O)C(=O)N2CCN(C)C)c1. The molecule has 0 radical (unpaired) electrons. The van der Waals surface area contributed by atoms with E-state index in [0.29, 0.717) is 18.7 Å². The summed E-state index contributed by atoms with van der Waals surface area (Å²) in [5, 5.41) is 11.5. The molecule has 4 rings (SSSR count). The van der Waals surface area contributed by atoms with E-state index in [1.807, 2.05) is 68.4 Å². The van der Waals surface area contributed by atoms with Gasteiger partial charge < -0.3 is 19.3 Å². The largest absolute Gasteiger partial charge is 0.503 e. The minimum absolute atomic E-state index is 0.0587. The molecule has 1 aromatic heterocycles. The van der Waals surface area contributed by atoms with Crippen molar-refractivity contribution in [3.63, 3.8) is 0 Å². The number of rotatable bonds is 6. The van der Waals surface area contributed by atoms with E-state index in [1.54, 1.807) is 17.0 Å². The van der Waals surface area contributed by atoms with E-state index in [2.05, 4.69) is 0 Å². The number of aliphatic hydroxyl groups excluding tert-OH is 1. The number of para-hydroxylation sites is 1. The van der Waals surface area contributed by atoms with Gasteiger partial charge in [-0.25, -0.2) is 0 Å². The van der Waals surface area contributed by atoms with Gasteiger partial charge in [0.25, 0.3) is 5.91 Å². The average Bonchev–Trinajstić information content (AvgIpc) is 3.26. The fraction of sp³-hybridized carbons (Fsp3) is 0.250. The van der Waals surface area contributed by atoms with Crippen molar-refractivity contribution in [1.29, 1.82) is 0 Å². The molecular weight excluding hydrogens is 380 g/mol. The Balaban J connectivity index is 1.79. The summed E-state index contributed by atoms with van der Waals surface area (Å²) in [5.74, 6) is -1.41. The standard InChI is InChI=1S/C24H24N2O4/c1-15-7-6-9-17(13-15)21-20(23(28)24(29)26(21)12-11-25(2)3)22(27)19-14-16-8-4-5-10-18(16)30-19/h4-10,13-14,21,28H,11-12H2,1-3H3. The zero-order valence-corrected chi connectivity index (χ0v) is 17.3. The number of carbonyl (C=O) groups excluding carboxylic acids is 2. The summed E-state index contributed by atoms with van der Waals surface area (Å²) >= 11 is 0. The number of benzene rings is 2. The van der Waals surface area contributed by atoms with Crippen molar-refractivity contribution in [2.75, 3.05) is 27.2 Å². The number of fused-ring (bicyclic) bond motifs is 1. The van der Waals surface area contributed by atoms with Gasteiger partial charge in [0, 0.05) is 18.5 Å². The Bertz CT molecular complexity index is 1130. The highest BCUT2D eigenvalue weighted by atomic mass is 16.3. The van der Waals surface area contributed by atoms with Gasteiger partial charge in [-0.15, -0.1) is 0 Å². The fourth-order valence-electron chi connectivity index (χ4n) is 3.84. The lowest BCUT2D eigenvalue weighted by atomic mass is 9.94. The van der Waals surface area contributed by atoms with Crippen molar-refractivity contribution in [2.45, 2.75) is 13.0 Å². The second-order valence-corrected chi connectivity index (χ2v) is 7.86. The highest BCUT2D eigenvalue weighted by Gasteiger charge is 2.44. The predicted molar refractivity (Wildman–Crippen MR) is 114 cm³/mol.